The van der Waals surface area contributed by atoms with E-state index in [9.17, 15) is 9.59 Å². The minimum absolute atomic E-state index is 0.254. The maximum Gasteiger partial charge on any atom is 0.410 e. The number of aliphatic carboxylic acids is 1. The Labute approximate surface area is 137 Å². The maximum absolute atomic E-state index is 11.5. The molecule has 0 aliphatic carbocycles. The number of methoxy groups -OCH3 is 1. The highest BCUT2D eigenvalue weighted by Crippen LogP contribution is 2.19. The minimum Gasteiger partial charge on any atom is -0.497 e. The lowest BCUT2D eigenvalue weighted by Crippen LogP contribution is -2.35. The van der Waals surface area contributed by atoms with E-state index in [2.05, 4.69) is 0 Å². The minimum atomic E-state index is -0.846. The highest BCUT2D eigenvalue weighted by atomic mass is 16.6. The molecular weight excluding hydrogens is 298 g/mol. The first-order valence-corrected chi connectivity index (χ1v) is 7.52. The van der Waals surface area contributed by atoms with Gasteiger partial charge in [0.05, 0.1) is 13.0 Å². The fourth-order valence-electron chi connectivity index (χ4n) is 2.01. The zero-order chi connectivity index (χ0) is 17.5. The van der Waals surface area contributed by atoms with Crippen LogP contribution in [0.4, 0.5) is 4.79 Å². The molecule has 23 heavy (non-hydrogen) atoms. The number of ether oxygens (including phenoxy) is 2. The molecule has 0 spiro atoms. The molecule has 1 atom stereocenters. The van der Waals surface area contributed by atoms with Crippen molar-refractivity contribution in [1.29, 1.82) is 0 Å². The summed E-state index contributed by atoms with van der Waals surface area (Å²) in [5.41, 5.74) is -0.529. The number of carbonyl (C=O) groups is 2. The number of carboxylic acid groups (broad SMARTS) is 1. The van der Waals surface area contributed by atoms with Crippen LogP contribution in [0.2, 0.25) is 0 Å². The van der Waals surface area contributed by atoms with Gasteiger partial charge in [-0.25, -0.2) is 4.79 Å². The lowest BCUT2D eigenvalue weighted by atomic mass is 10.1. The fraction of sp³-hybridized carbons (Fsp3) is 0.529. The monoisotopic (exact) mass is 323 g/mol. The fourth-order valence-corrected chi connectivity index (χ4v) is 2.01. The number of likely N-dealkylation sites (tertiary alicyclic amines) is 1. The summed E-state index contributed by atoms with van der Waals surface area (Å²) in [6.07, 6.45) is 0.0837. The highest BCUT2D eigenvalue weighted by molar-refractivity contribution is 5.74. The van der Waals surface area contributed by atoms with Crippen molar-refractivity contribution in [3.8, 4) is 5.75 Å². The Hall–Kier alpha value is -2.24. The van der Waals surface area contributed by atoms with E-state index in [0.29, 0.717) is 13.0 Å². The molecule has 0 unspecified atom stereocenters. The van der Waals surface area contributed by atoms with Crippen molar-refractivity contribution < 1.29 is 24.2 Å². The van der Waals surface area contributed by atoms with Crippen LogP contribution in [0.15, 0.2) is 30.3 Å². The number of rotatable bonds is 2. The zero-order valence-electron chi connectivity index (χ0n) is 14.1. The number of nitrogens with zero attached hydrogens (tertiary/aromatic N) is 1. The number of benzene rings is 1. The number of amides is 1. The van der Waals surface area contributed by atoms with Gasteiger partial charge in [-0.1, -0.05) is 18.2 Å². The summed E-state index contributed by atoms with van der Waals surface area (Å²) < 4.78 is 10.1. The van der Waals surface area contributed by atoms with Crippen LogP contribution in [0.3, 0.4) is 0 Å². The number of hydrogen-bond donors (Lipinski definition) is 1. The summed E-state index contributed by atoms with van der Waals surface area (Å²) >= 11 is 0. The van der Waals surface area contributed by atoms with Gasteiger partial charge in [-0.3, -0.25) is 4.79 Å². The SMILES string of the molecule is CC(C)(C)OC(=O)N1CC[C@H](C(=O)O)C1.COc1ccccc1. The van der Waals surface area contributed by atoms with E-state index in [1.807, 2.05) is 30.3 Å². The Kier molecular flexibility index (Phi) is 6.88. The van der Waals surface area contributed by atoms with E-state index in [-0.39, 0.29) is 6.54 Å². The molecule has 0 saturated carbocycles. The summed E-state index contributed by atoms with van der Waals surface area (Å²) in [6.45, 7) is 6.08. The van der Waals surface area contributed by atoms with Crippen molar-refractivity contribution in [1.82, 2.24) is 4.90 Å². The molecule has 1 aromatic rings. The first-order valence-electron chi connectivity index (χ1n) is 7.52. The summed E-state index contributed by atoms with van der Waals surface area (Å²) in [5, 5.41) is 8.77. The Morgan fingerprint density at radius 2 is 1.83 bits per heavy atom. The van der Waals surface area contributed by atoms with E-state index in [1.165, 1.54) is 4.90 Å². The summed E-state index contributed by atoms with van der Waals surface area (Å²) in [6, 6.07) is 9.68. The van der Waals surface area contributed by atoms with Gasteiger partial charge in [-0.15, -0.1) is 0 Å². The second-order valence-corrected chi connectivity index (χ2v) is 6.27. The highest BCUT2D eigenvalue weighted by Gasteiger charge is 2.33. The number of carboxylic acids is 1. The summed E-state index contributed by atoms with van der Waals surface area (Å²) in [4.78, 5) is 23.7. The maximum atomic E-state index is 11.5. The van der Waals surface area contributed by atoms with Gasteiger partial charge in [0.2, 0.25) is 0 Å². The lowest BCUT2D eigenvalue weighted by Gasteiger charge is -2.24. The molecule has 1 saturated heterocycles. The molecule has 1 aromatic carbocycles. The Bertz CT molecular complexity index is 509. The quantitative estimate of drug-likeness (QED) is 0.905. The molecule has 6 heteroatoms. The molecular formula is C17H25NO5. The van der Waals surface area contributed by atoms with Gasteiger partial charge in [0.1, 0.15) is 11.4 Å². The number of hydrogen-bond acceptors (Lipinski definition) is 4. The number of carbonyl (C=O) groups excluding carboxylic acids is 1. The van der Waals surface area contributed by atoms with E-state index in [4.69, 9.17) is 14.6 Å². The van der Waals surface area contributed by atoms with Crippen molar-refractivity contribution in [2.45, 2.75) is 32.8 Å². The normalized spacial score (nSPS) is 17.0. The van der Waals surface area contributed by atoms with Crippen molar-refractivity contribution in [3.05, 3.63) is 30.3 Å². The third-order valence-corrected chi connectivity index (χ3v) is 3.17. The predicted octanol–water partition coefficient (Wildman–Crippen LogP) is 3.02. The van der Waals surface area contributed by atoms with Gasteiger partial charge in [0.25, 0.3) is 0 Å². The molecule has 2 rings (SSSR count). The van der Waals surface area contributed by atoms with Crippen LogP contribution in [-0.2, 0) is 9.53 Å². The lowest BCUT2D eigenvalue weighted by molar-refractivity contribution is -0.141. The van der Waals surface area contributed by atoms with Gasteiger partial charge < -0.3 is 19.5 Å². The van der Waals surface area contributed by atoms with Gasteiger partial charge in [-0.05, 0) is 39.3 Å². The topological polar surface area (TPSA) is 76.1 Å². The van der Waals surface area contributed by atoms with E-state index >= 15 is 0 Å². The van der Waals surface area contributed by atoms with E-state index < -0.39 is 23.6 Å². The third-order valence-electron chi connectivity index (χ3n) is 3.17. The van der Waals surface area contributed by atoms with Gasteiger partial charge in [0.15, 0.2) is 0 Å². The van der Waals surface area contributed by atoms with E-state index in [1.54, 1.807) is 27.9 Å². The molecule has 1 aliphatic rings. The van der Waals surface area contributed by atoms with Crippen LogP contribution in [0.5, 0.6) is 5.75 Å². The van der Waals surface area contributed by atoms with Crippen molar-refractivity contribution >= 4 is 12.1 Å². The molecule has 1 amide bonds. The predicted molar refractivity (Wildman–Crippen MR) is 86.5 cm³/mol. The first kappa shape index (κ1) is 18.8. The van der Waals surface area contributed by atoms with Gasteiger partial charge in [-0.2, -0.15) is 0 Å². The second-order valence-electron chi connectivity index (χ2n) is 6.27. The van der Waals surface area contributed by atoms with Crippen LogP contribution in [0.25, 0.3) is 0 Å². The molecule has 6 nitrogen and oxygen atoms in total. The first-order chi connectivity index (χ1) is 10.7. The molecule has 1 N–H and O–H groups in total. The van der Waals surface area contributed by atoms with Crippen molar-refractivity contribution in [3.63, 3.8) is 0 Å². The average molecular weight is 323 g/mol. The Morgan fingerprint density at radius 3 is 2.22 bits per heavy atom. The molecule has 1 fully saturated rings. The summed E-state index contributed by atoms with van der Waals surface area (Å²) in [5.74, 6) is -0.383. The van der Waals surface area contributed by atoms with Crippen LogP contribution in [0.1, 0.15) is 27.2 Å². The average Bonchev–Trinajstić information content (AvgIpc) is 2.97. The van der Waals surface area contributed by atoms with Crippen molar-refractivity contribution in [2.75, 3.05) is 20.2 Å². The number of para-hydroxylation sites is 1. The second kappa shape index (κ2) is 8.41. The van der Waals surface area contributed by atoms with Gasteiger partial charge in [0, 0.05) is 13.1 Å². The largest absolute Gasteiger partial charge is 0.497 e. The zero-order valence-corrected chi connectivity index (χ0v) is 14.1. The molecule has 1 heterocycles. The van der Waals surface area contributed by atoms with Crippen LogP contribution in [-0.4, -0.2) is 47.9 Å². The van der Waals surface area contributed by atoms with Crippen LogP contribution >= 0.6 is 0 Å². The molecule has 128 valence electrons. The Morgan fingerprint density at radius 1 is 1.22 bits per heavy atom. The molecule has 0 aromatic heterocycles. The molecule has 0 bridgehead atoms. The smallest absolute Gasteiger partial charge is 0.410 e. The molecule has 0 radical (unpaired) electrons. The molecule has 1 aliphatic heterocycles. The van der Waals surface area contributed by atoms with Crippen LogP contribution in [0, 0.1) is 5.92 Å². The standard InChI is InChI=1S/C10H17NO4.C7H8O/c1-10(2,3)15-9(14)11-5-4-7(6-11)8(12)13;1-8-7-5-3-2-4-6-7/h7H,4-6H2,1-3H3,(H,12,13);2-6H,1H3/t7-;/m0./s1. The Balaban J connectivity index is 0.000000277. The van der Waals surface area contributed by atoms with Gasteiger partial charge >= 0.3 is 12.1 Å². The summed E-state index contributed by atoms with van der Waals surface area (Å²) in [7, 11) is 1.66. The van der Waals surface area contributed by atoms with Crippen molar-refractivity contribution in [2.24, 2.45) is 5.92 Å². The van der Waals surface area contributed by atoms with Crippen LogP contribution < -0.4 is 4.74 Å². The van der Waals surface area contributed by atoms with E-state index in [0.717, 1.165) is 5.75 Å². The third kappa shape index (κ3) is 7.04.